The van der Waals surface area contributed by atoms with Crippen LogP contribution in [0.15, 0.2) is 18.2 Å². The summed E-state index contributed by atoms with van der Waals surface area (Å²) in [6.07, 6.45) is 1.95. The maximum atomic E-state index is 9.63. The Morgan fingerprint density at radius 1 is 1.33 bits per heavy atom. The Kier molecular flexibility index (Phi) is 3.42. The second kappa shape index (κ2) is 4.71. The number of rotatable bonds is 3. The molecule has 0 amide bonds. The van der Waals surface area contributed by atoms with Gasteiger partial charge in [-0.3, -0.25) is 0 Å². The largest absolute Gasteiger partial charge is 0.508 e. The molecule has 0 spiro atoms. The van der Waals surface area contributed by atoms with Crippen LogP contribution >= 0.6 is 0 Å². The topological polar surface area (TPSA) is 32.7 Å². The maximum Gasteiger partial charge on any atom is 0.147 e. The van der Waals surface area contributed by atoms with Crippen molar-refractivity contribution in [3.8, 4) is 11.5 Å². The first-order valence-electron chi connectivity index (χ1n) is 6.80. The van der Waals surface area contributed by atoms with Gasteiger partial charge in [0, 0.05) is 12.1 Å². The molecule has 1 aliphatic rings. The van der Waals surface area contributed by atoms with Gasteiger partial charge in [-0.15, -0.1) is 0 Å². The smallest absolute Gasteiger partial charge is 0.147 e. The molecular weight excluding hydrogens is 226 g/mol. The first kappa shape index (κ1) is 13.1. The van der Waals surface area contributed by atoms with E-state index in [0.29, 0.717) is 6.04 Å². The van der Waals surface area contributed by atoms with Crippen LogP contribution in [0, 0.1) is 0 Å². The van der Waals surface area contributed by atoms with Gasteiger partial charge in [-0.25, -0.2) is 0 Å². The zero-order valence-corrected chi connectivity index (χ0v) is 11.7. The SMILES string of the molecule is CCC1(CC)CN(C(C)C)c2ccc(O)cc2O1. The van der Waals surface area contributed by atoms with Crippen LogP contribution < -0.4 is 9.64 Å². The third-order valence-corrected chi connectivity index (χ3v) is 3.95. The Bertz CT molecular complexity index is 425. The highest BCUT2D eigenvalue weighted by Gasteiger charge is 2.37. The second-order valence-corrected chi connectivity index (χ2v) is 5.37. The van der Waals surface area contributed by atoms with Gasteiger partial charge >= 0.3 is 0 Å². The number of nitrogens with zero attached hydrogens (tertiary/aromatic N) is 1. The molecule has 0 fully saturated rings. The van der Waals surface area contributed by atoms with Crippen molar-refractivity contribution in [2.24, 2.45) is 0 Å². The average Bonchev–Trinajstić information content (AvgIpc) is 2.36. The minimum Gasteiger partial charge on any atom is -0.508 e. The van der Waals surface area contributed by atoms with E-state index in [-0.39, 0.29) is 11.4 Å². The Balaban J connectivity index is 2.46. The fourth-order valence-electron chi connectivity index (χ4n) is 2.56. The van der Waals surface area contributed by atoms with E-state index in [1.54, 1.807) is 12.1 Å². The molecule has 2 rings (SSSR count). The van der Waals surface area contributed by atoms with Gasteiger partial charge in [0.1, 0.15) is 17.1 Å². The van der Waals surface area contributed by atoms with E-state index < -0.39 is 0 Å². The number of benzene rings is 1. The number of hydrogen-bond acceptors (Lipinski definition) is 3. The van der Waals surface area contributed by atoms with Gasteiger partial charge in [-0.2, -0.15) is 0 Å². The van der Waals surface area contributed by atoms with Crippen LogP contribution in [-0.4, -0.2) is 23.3 Å². The molecule has 1 heterocycles. The molecule has 0 atom stereocenters. The Labute approximate surface area is 109 Å². The van der Waals surface area contributed by atoms with E-state index in [9.17, 15) is 5.11 Å². The average molecular weight is 249 g/mol. The normalized spacial score (nSPS) is 17.5. The summed E-state index contributed by atoms with van der Waals surface area (Å²) in [5.41, 5.74) is 0.950. The standard InChI is InChI=1S/C15H23NO2/c1-5-15(6-2)10-16(11(3)4)13-8-7-12(17)9-14(13)18-15/h7-9,11,17H,5-6,10H2,1-4H3. The lowest BCUT2D eigenvalue weighted by molar-refractivity contribution is 0.0554. The van der Waals surface area contributed by atoms with Gasteiger partial charge in [0.2, 0.25) is 0 Å². The molecule has 0 aliphatic carbocycles. The van der Waals surface area contributed by atoms with Gasteiger partial charge in [-0.05, 0) is 38.8 Å². The van der Waals surface area contributed by atoms with Crippen LogP contribution in [0.1, 0.15) is 40.5 Å². The highest BCUT2D eigenvalue weighted by atomic mass is 16.5. The van der Waals surface area contributed by atoms with Crippen molar-refractivity contribution in [3.05, 3.63) is 18.2 Å². The molecule has 1 aliphatic heterocycles. The predicted octanol–water partition coefficient (Wildman–Crippen LogP) is 3.56. The third-order valence-electron chi connectivity index (χ3n) is 3.95. The summed E-state index contributed by atoms with van der Waals surface area (Å²) in [4.78, 5) is 2.37. The van der Waals surface area contributed by atoms with Crippen LogP contribution in [0.5, 0.6) is 11.5 Å². The third kappa shape index (κ3) is 2.14. The van der Waals surface area contributed by atoms with Crippen molar-refractivity contribution < 1.29 is 9.84 Å². The molecule has 100 valence electrons. The first-order valence-corrected chi connectivity index (χ1v) is 6.80. The Hall–Kier alpha value is -1.38. The zero-order chi connectivity index (χ0) is 13.3. The molecule has 0 unspecified atom stereocenters. The van der Waals surface area contributed by atoms with Crippen molar-refractivity contribution in [3.63, 3.8) is 0 Å². The summed E-state index contributed by atoms with van der Waals surface area (Å²) in [5, 5.41) is 9.63. The van der Waals surface area contributed by atoms with Crippen LogP contribution in [0.2, 0.25) is 0 Å². The lowest BCUT2D eigenvalue weighted by atomic mass is 9.93. The molecule has 0 radical (unpaired) electrons. The molecule has 3 heteroatoms. The monoisotopic (exact) mass is 249 g/mol. The van der Waals surface area contributed by atoms with E-state index in [4.69, 9.17) is 4.74 Å². The molecular formula is C15H23NO2. The molecule has 18 heavy (non-hydrogen) atoms. The zero-order valence-electron chi connectivity index (χ0n) is 11.7. The highest BCUT2D eigenvalue weighted by molar-refractivity contribution is 5.63. The summed E-state index contributed by atoms with van der Waals surface area (Å²) in [6.45, 7) is 9.62. The molecule has 0 saturated heterocycles. The van der Waals surface area contributed by atoms with Gasteiger partial charge in [0.15, 0.2) is 0 Å². The summed E-state index contributed by atoms with van der Waals surface area (Å²) in [5.74, 6) is 1.07. The molecule has 3 nitrogen and oxygen atoms in total. The molecule has 1 N–H and O–H groups in total. The van der Waals surface area contributed by atoms with Crippen LogP contribution in [0.3, 0.4) is 0 Å². The number of phenols is 1. The maximum absolute atomic E-state index is 9.63. The molecule has 1 aromatic rings. The lowest BCUT2D eigenvalue weighted by Crippen LogP contribution is -2.52. The highest BCUT2D eigenvalue weighted by Crippen LogP contribution is 2.42. The van der Waals surface area contributed by atoms with Crippen LogP contribution in [0.25, 0.3) is 0 Å². The molecule has 0 saturated carbocycles. The van der Waals surface area contributed by atoms with E-state index in [2.05, 4.69) is 32.6 Å². The Morgan fingerprint density at radius 2 is 2.00 bits per heavy atom. The van der Waals surface area contributed by atoms with E-state index >= 15 is 0 Å². The summed E-state index contributed by atoms with van der Waals surface area (Å²) >= 11 is 0. The number of ether oxygens (including phenoxy) is 1. The van der Waals surface area contributed by atoms with E-state index in [0.717, 1.165) is 30.8 Å². The van der Waals surface area contributed by atoms with Crippen molar-refractivity contribution in [1.82, 2.24) is 0 Å². The minimum atomic E-state index is -0.134. The lowest BCUT2D eigenvalue weighted by Gasteiger charge is -2.45. The number of hydrogen-bond donors (Lipinski definition) is 1. The molecule has 0 aromatic heterocycles. The van der Waals surface area contributed by atoms with Crippen LogP contribution in [0.4, 0.5) is 5.69 Å². The van der Waals surface area contributed by atoms with Crippen molar-refractivity contribution in [2.75, 3.05) is 11.4 Å². The van der Waals surface area contributed by atoms with E-state index in [1.807, 2.05) is 6.07 Å². The van der Waals surface area contributed by atoms with Crippen molar-refractivity contribution >= 4 is 5.69 Å². The van der Waals surface area contributed by atoms with Crippen molar-refractivity contribution in [2.45, 2.75) is 52.2 Å². The number of aromatic hydroxyl groups is 1. The summed E-state index contributed by atoms with van der Waals surface area (Å²) in [6, 6.07) is 5.82. The van der Waals surface area contributed by atoms with Gasteiger partial charge < -0.3 is 14.7 Å². The number of anilines is 1. The van der Waals surface area contributed by atoms with E-state index in [1.165, 1.54) is 0 Å². The summed E-state index contributed by atoms with van der Waals surface area (Å²) in [7, 11) is 0. The fraction of sp³-hybridized carbons (Fsp3) is 0.600. The molecule has 1 aromatic carbocycles. The van der Waals surface area contributed by atoms with Crippen molar-refractivity contribution in [1.29, 1.82) is 0 Å². The molecule has 0 bridgehead atoms. The second-order valence-electron chi connectivity index (χ2n) is 5.37. The number of fused-ring (bicyclic) bond motifs is 1. The fourth-order valence-corrected chi connectivity index (χ4v) is 2.56. The van der Waals surface area contributed by atoms with Crippen LogP contribution in [-0.2, 0) is 0 Å². The predicted molar refractivity (Wildman–Crippen MR) is 74.5 cm³/mol. The van der Waals surface area contributed by atoms with Gasteiger partial charge in [-0.1, -0.05) is 13.8 Å². The van der Waals surface area contributed by atoms with Gasteiger partial charge in [0.25, 0.3) is 0 Å². The quantitative estimate of drug-likeness (QED) is 0.889. The minimum absolute atomic E-state index is 0.134. The Morgan fingerprint density at radius 3 is 2.56 bits per heavy atom. The first-order chi connectivity index (χ1) is 8.51. The summed E-state index contributed by atoms with van der Waals surface area (Å²) < 4.78 is 6.18. The van der Waals surface area contributed by atoms with Gasteiger partial charge in [0.05, 0.1) is 12.2 Å². The number of phenolic OH excluding ortho intramolecular Hbond substituents is 1.